The lowest BCUT2D eigenvalue weighted by atomic mass is 9.73. The molecule has 1 aliphatic carbocycles. The van der Waals surface area contributed by atoms with Crippen LogP contribution in [-0.2, 0) is 15.1 Å². The molecule has 1 heterocycles. The molecular formula is C13H18N2O3S. The Hall–Kier alpha value is -1.43. The number of aromatic nitrogens is 1. The van der Waals surface area contributed by atoms with Crippen molar-refractivity contribution in [2.24, 2.45) is 11.8 Å². The fourth-order valence-electron chi connectivity index (χ4n) is 2.20. The highest BCUT2D eigenvalue weighted by Crippen LogP contribution is 2.35. The molecule has 6 heteroatoms. The van der Waals surface area contributed by atoms with Crippen LogP contribution in [0.4, 0.5) is 0 Å². The molecule has 1 saturated carbocycles. The molecule has 104 valence electrons. The van der Waals surface area contributed by atoms with Crippen molar-refractivity contribution in [3.63, 3.8) is 0 Å². The zero-order valence-corrected chi connectivity index (χ0v) is 12.1. The van der Waals surface area contributed by atoms with Crippen LogP contribution in [0.15, 0.2) is 5.38 Å². The molecule has 0 spiro atoms. The van der Waals surface area contributed by atoms with E-state index in [1.807, 2.05) is 26.2 Å². The van der Waals surface area contributed by atoms with Crippen LogP contribution in [0.3, 0.4) is 0 Å². The maximum Gasteiger partial charge on any atom is 0.307 e. The molecule has 0 saturated heterocycles. The summed E-state index contributed by atoms with van der Waals surface area (Å²) in [4.78, 5) is 27.5. The molecule has 1 amide bonds. The van der Waals surface area contributed by atoms with Gasteiger partial charge < -0.3 is 10.4 Å². The molecule has 0 bridgehead atoms. The van der Waals surface area contributed by atoms with Crippen molar-refractivity contribution in [3.8, 4) is 0 Å². The van der Waals surface area contributed by atoms with Gasteiger partial charge in [0.2, 0.25) is 5.91 Å². The molecule has 2 atom stereocenters. The lowest BCUT2D eigenvalue weighted by Crippen LogP contribution is -2.49. The molecule has 0 aromatic carbocycles. The number of carbonyl (C=O) groups is 2. The zero-order chi connectivity index (χ0) is 14.2. The van der Waals surface area contributed by atoms with E-state index in [9.17, 15) is 9.59 Å². The van der Waals surface area contributed by atoms with E-state index >= 15 is 0 Å². The number of carboxylic acid groups (broad SMARTS) is 1. The smallest absolute Gasteiger partial charge is 0.307 e. The number of rotatable bonds is 4. The lowest BCUT2D eigenvalue weighted by molar-refractivity contribution is -0.153. The first-order valence-corrected chi connectivity index (χ1v) is 7.16. The van der Waals surface area contributed by atoms with E-state index in [0.29, 0.717) is 12.8 Å². The number of hydrogen-bond acceptors (Lipinski definition) is 4. The van der Waals surface area contributed by atoms with Gasteiger partial charge in [0.05, 0.1) is 17.4 Å². The second-order valence-corrected chi connectivity index (χ2v) is 6.39. The van der Waals surface area contributed by atoms with Gasteiger partial charge in [-0.15, -0.1) is 11.3 Å². The first-order chi connectivity index (χ1) is 8.81. The Balaban J connectivity index is 2.04. The molecule has 1 fully saturated rings. The Bertz CT molecular complexity index is 510. The topological polar surface area (TPSA) is 79.3 Å². The van der Waals surface area contributed by atoms with E-state index in [1.54, 1.807) is 0 Å². The van der Waals surface area contributed by atoms with Gasteiger partial charge in [-0.2, -0.15) is 0 Å². The summed E-state index contributed by atoms with van der Waals surface area (Å²) < 4.78 is 0. The fourth-order valence-corrected chi connectivity index (χ4v) is 3.08. The SMILES string of the molecule is Cc1csc(C(C)(C)NC(=O)C2CCC2C(=O)O)n1. The maximum atomic E-state index is 12.1. The number of hydrogen-bond donors (Lipinski definition) is 2. The minimum atomic E-state index is -0.880. The van der Waals surface area contributed by atoms with Crippen LogP contribution in [0.2, 0.25) is 0 Å². The number of aryl methyl sites for hydroxylation is 1. The van der Waals surface area contributed by atoms with Gasteiger partial charge in [-0.3, -0.25) is 9.59 Å². The van der Waals surface area contributed by atoms with Gasteiger partial charge in [-0.05, 0) is 33.6 Å². The van der Waals surface area contributed by atoms with Crippen molar-refractivity contribution in [1.82, 2.24) is 10.3 Å². The Morgan fingerprint density at radius 1 is 1.42 bits per heavy atom. The highest BCUT2D eigenvalue weighted by Gasteiger charge is 2.43. The van der Waals surface area contributed by atoms with Crippen molar-refractivity contribution in [2.75, 3.05) is 0 Å². The summed E-state index contributed by atoms with van der Waals surface area (Å²) >= 11 is 1.50. The molecule has 0 aliphatic heterocycles. The van der Waals surface area contributed by atoms with Gasteiger partial charge in [-0.25, -0.2) is 4.98 Å². The average molecular weight is 282 g/mol. The molecule has 1 aromatic heterocycles. The van der Waals surface area contributed by atoms with Gasteiger partial charge in [0, 0.05) is 11.1 Å². The maximum absolute atomic E-state index is 12.1. The monoisotopic (exact) mass is 282 g/mol. The first kappa shape index (κ1) is 14.0. The Labute approximate surface area is 116 Å². The van der Waals surface area contributed by atoms with Gasteiger partial charge in [0.1, 0.15) is 5.01 Å². The molecule has 2 rings (SSSR count). The summed E-state index contributed by atoms with van der Waals surface area (Å²) in [5.41, 5.74) is 0.364. The second-order valence-electron chi connectivity index (χ2n) is 5.54. The van der Waals surface area contributed by atoms with Crippen LogP contribution in [0, 0.1) is 18.8 Å². The largest absolute Gasteiger partial charge is 0.481 e. The van der Waals surface area contributed by atoms with Gasteiger partial charge >= 0.3 is 5.97 Å². The molecule has 5 nitrogen and oxygen atoms in total. The minimum Gasteiger partial charge on any atom is -0.481 e. The number of carboxylic acids is 1. The summed E-state index contributed by atoms with van der Waals surface area (Å²) in [5.74, 6) is -2.00. The number of thiazole rings is 1. The third-order valence-electron chi connectivity index (χ3n) is 3.52. The Morgan fingerprint density at radius 3 is 2.47 bits per heavy atom. The molecule has 0 radical (unpaired) electrons. The van der Waals surface area contributed by atoms with Gasteiger partial charge in [-0.1, -0.05) is 0 Å². The first-order valence-electron chi connectivity index (χ1n) is 6.28. The van der Waals surface area contributed by atoms with E-state index in [0.717, 1.165) is 10.7 Å². The van der Waals surface area contributed by atoms with E-state index < -0.39 is 23.3 Å². The summed E-state index contributed by atoms with van der Waals surface area (Å²) in [6, 6.07) is 0. The normalized spacial score (nSPS) is 22.7. The van der Waals surface area contributed by atoms with Gasteiger partial charge in [0.25, 0.3) is 0 Å². The predicted octanol–water partition coefficient (Wildman–Crippen LogP) is 1.91. The van der Waals surface area contributed by atoms with Crippen molar-refractivity contribution in [3.05, 3.63) is 16.1 Å². The number of nitrogens with zero attached hydrogens (tertiary/aromatic N) is 1. The molecular weight excluding hydrogens is 264 g/mol. The Morgan fingerprint density at radius 2 is 2.05 bits per heavy atom. The quantitative estimate of drug-likeness (QED) is 0.884. The molecule has 19 heavy (non-hydrogen) atoms. The minimum absolute atomic E-state index is 0.184. The number of amides is 1. The molecule has 2 N–H and O–H groups in total. The molecule has 1 aromatic rings. The predicted molar refractivity (Wildman–Crippen MR) is 71.9 cm³/mol. The van der Waals surface area contributed by atoms with Crippen LogP contribution < -0.4 is 5.32 Å². The number of nitrogens with one attached hydrogen (secondary N) is 1. The summed E-state index contributed by atoms with van der Waals surface area (Å²) in [7, 11) is 0. The van der Waals surface area contributed by atoms with Gasteiger partial charge in [0.15, 0.2) is 0 Å². The van der Waals surface area contributed by atoms with Crippen LogP contribution in [0.1, 0.15) is 37.4 Å². The number of carbonyl (C=O) groups excluding carboxylic acids is 1. The van der Waals surface area contributed by atoms with Crippen LogP contribution in [0.5, 0.6) is 0 Å². The van der Waals surface area contributed by atoms with Crippen molar-refractivity contribution in [2.45, 2.75) is 39.2 Å². The van der Waals surface area contributed by atoms with Crippen LogP contribution in [-0.4, -0.2) is 22.0 Å². The van der Waals surface area contributed by atoms with E-state index in [4.69, 9.17) is 5.11 Å². The third kappa shape index (κ3) is 2.78. The van der Waals surface area contributed by atoms with Crippen molar-refractivity contribution in [1.29, 1.82) is 0 Å². The lowest BCUT2D eigenvalue weighted by Gasteiger charge is -2.35. The highest BCUT2D eigenvalue weighted by molar-refractivity contribution is 7.09. The summed E-state index contributed by atoms with van der Waals surface area (Å²) in [5, 5.41) is 14.7. The Kier molecular flexibility index (Phi) is 3.62. The second kappa shape index (κ2) is 4.92. The van der Waals surface area contributed by atoms with Crippen LogP contribution in [0.25, 0.3) is 0 Å². The van der Waals surface area contributed by atoms with E-state index in [-0.39, 0.29) is 5.91 Å². The van der Waals surface area contributed by atoms with Crippen LogP contribution >= 0.6 is 11.3 Å². The zero-order valence-electron chi connectivity index (χ0n) is 11.3. The fraction of sp³-hybridized carbons (Fsp3) is 0.615. The van der Waals surface area contributed by atoms with Crippen molar-refractivity contribution >= 4 is 23.2 Å². The highest BCUT2D eigenvalue weighted by atomic mass is 32.1. The molecule has 1 aliphatic rings. The van der Waals surface area contributed by atoms with E-state index in [1.165, 1.54) is 11.3 Å². The number of aliphatic carboxylic acids is 1. The third-order valence-corrected chi connectivity index (χ3v) is 4.80. The van der Waals surface area contributed by atoms with E-state index in [2.05, 4.69) is 10.3 Å². The average Bonchev–Trinajstić information content (AvgIpc) is 2.61. The van der Waals surface area contributed by atoms with Crippen molar-refractivity contribution < 1.29 is 14.7 Å². The standard InChI is InChI=1S/C13H18N2O3S/c1-7-6-19-12(14-7)13(2,3)15-10(16)8-4-5-9(8)11(17)18/h6,8-9H,4-5H2,1-3H3,(H,15,16)(H,17,18). The summed E-state index contributed by atoms with van der Waals surface area (Å²) in [6.45, 7) is 5.68. The molecule has 2 unspecified atom stereocenters. The summed E-state index contributed by atoms with van der Waals surface area (Å²) in [6.07, 6.45) is 1.24.